The minimum atomic E-state index is -0.707. The molecule has 0 amide bonds. The monoisotopic (exact) mass is 213 g/mol. The molecule has 0 aromatic heterocycles. The van der Waals surface area contributed by atoms with Crippen LogP contribution in [-0.4, -0.2) is 46.3 Å². The number of rotatable bonds is 3. The molecule has 4 nitrogen and oxygen atoms in total. The smallest absolute Gasteiger partial charge is 0.309 e. The molecule has 0 atom stereocenters. The fraction of sp³-hybridized carbons (Fsp3) is 0.909. The standard InChI is InChI=1S/C11H19NO3/c13-10(14)9-6-12(7-9)8-11(15)4-2-1-3-5-11/h9,15H,1-8H2,(H,13,14). The third kappa shape index (κ3) is 2.49. The van der Waals surface area contributed by atoms with E-state index in [1.165, 1.54) is 6.42 Å². The molecule has 1 aliphatic heterocycles. The highest BCUT2D eigenvalue weighted by Crippen LogP contribution is 2.30. The van der Waals surface area contributed by atoms with Gasteiger partial charge in [0.1, 0.15) is 0 Å². The molecule has 0 unspecified atom stereocenters. The first-order valence-corrected chi connectivity index (χ1v) is 5.77. The maximum Gasteiger partial charge on any atom is 0.309 e. The third-order valence-electron chi connectivity index (χ3n) is 3.61. The van der Waals surface area contributed by atoms with E-state index < -0.39 is 11.6 Å². The molecule has 4 heteroatoms. The summed E-state index contributed by atoms with van der Waals surface area (Å²) in [5.74, 6) is -0.918. The summed E-state index contributed by atoms with van der Waals surface area (Å²) in [5, 5.41) is 19.0. The Morgan fingerprint density at radius 2 is 1.87 bits per heavy atom. The number of β-amino-alcohol motifs (C(OH)–C–C–N with tert-alkyl or cyclic N) is 1. The van der Waals surface area contributed by atoms with Crippen LogP contribution < -0.4 is 0 Å². The molecule has 0 spiro atoms. The van der Waals surface area contributed by atoms with E-state index in [-0.39, 0.29) is 5.92 Å². The van der Waals surface area contributed by atoms with Gasteiger partial charge in [0.2, 0.25) is 0 Å². The molecule has 1 heterocycles. The summed E-state index contributed by atoms with van der Waals surface area (Å²) in [7, 11) is 0. The highest BCUT2D eigenvalue weighted by Gasteiger charge is 2.38. The van der Waals surface area contributed by atoms with Gasteiger partial charge in [0.05, 0.1) is 11.5 Å². The first-order valence-electron chi connectivity index (χ1n) is 5.77. The van der Waals surface area contributed by atoms with Crippen LogP contribution in [0.15, 0.2) is 0 Å². The first-order chi connectivity index (χ1) is 7.09. The highest BCUT2D eigenvalue weighted by atomic mass is 16.4. The zero-order valence-corrected chi connectivity index (χ0v) is 8.98. The topological polar surface area (TPSA) is 60.8 Å². The molecule has 15 heavy (non-hydrogen) atoms. The van der Waals surface area contributed by atoms with Crippen molar-refractivity contribution >= 4 is 5.97 Å². The average Bonchev–Trinajstić information content (AvgIpc) is 2.11. The summed E-state index contributed by atoms with van der Waals surface area (Å²) < 4.78 is 0. The van der Waals surface area contributed by atoms with Crippen molar-refractivity contribution in [1.29, 1.82) is 0 Å². The zero-order chi connectivity index (χ0) is 10.9. The number of hydrogen-bond acceptors (Lipinski definition) is 3. The molecule has 1 aliphatic carbocycles. The molecule has 1 saturated heterocycles. The maximum atomic E-state index is 10.6. The van der Waals surface area contributed by atoms with Crippen molar-refractivity contribution < 1.29 is 15.0 Å². The molecule has 86 valence electrons. The fourth-order valence-corrected chi connectivity index (χ4v) is 2.64. The van der Waals surface area contributed by atoms with Gasteiger partial charge in [-0.3, -0.25) is 9.69 Å². The Morgan fingerprint density at radius 1 is 1.27 bits per heavy atom. The van der Waals surface area contributed by atoms with Crippen molar-refractivity contribution in [2.75, 3.05) is 19.6 Å². The average molecular weight is 213 g/mol. The summed E-state index contributed by atoms with van der Waals surface area (Å²) in [5.41, 5.74) is -0.540. The number of likely N-dealkylation sites (tertiary alicyclic amines) is 1. The lowest BCUT2D eigenvalue weighted by molar-refractivity contribution is -0.149. The van der Waals surface area contributed by atoms with E-state index in [4.69, 9.17) is 5.11 Å². The van der Waals surface area contributed by atoms with Crippen molar-refractivity contribution in [2.24, 2.45) is 5.92 Å². The van der Waals surface area contributed by atoms with Crippen molar-refractivity contribution in [3.8, 4) is 0 Å². The van der Waals surface area contributed by atoms with E-state index in [0.717, 1.165) is 25.7 Å². The Kier molecular flexibility index (Phi) is 2.98. The van der Waals surface area contributed by atoms with Gasteiger partial charge in [0.25, 0.3) is 0 Å². The van der Waals surface area contributed by atoms with Crippen molar-refractivity contribution in [3.05, 3.63) is 0 Å². The molecular formula is C11H19NO3. The molecule has 0 aromatic carbocycles. The van der Waals surface area contributed by atoms with Gasteiger partial charge in [-0.15, -0.1) is 0 Å². The van der Waals surface area contributed by atoms with E-state index in [1.807, 2.05) is 0 Å². The van der Waals surface area contributed by atoms with Crippen molar-refractivity contribution in [2.45, 2.75) is 37.7 Å². The summed E-state index contributed by atoms with van der Waals surface area (Å²) >= 11 is 0. The number of carboxylic acids is 1. The summed E-state index contributed by atoms with van der Waals surface area (Å²) in [4.78, 5) is 12.7. The SMILES string of the molecule is O=C(O)C1CN(CC2(O)CCCCC2)C1. The van der Waals surface area contributed by atoms with E-state index >= 15 is 0 Å². The first kappa shape index (κ1) is 10.9. The van der Waals surface area contributed by atoms with Crippen LogP contribution in [0.5, 0.6) is 0 Å². The van der Waals surface area contributed by atoms with E-state index in [2.05, 4.69) is 4.90 Å². The largest absolute Gasteiger partial charge is 0.481 e. The molecule has 2 N–H and O–H groups in total. The molecule has 2 fully saturated rings. The van der Waals surface area contributed by atoms with Gasteiger partial charge >= 0.3 is 5.97 Å². The predicted octanol–water partition coefficient (Wildman–Crippen LogP) is 0.698. The molecular weight excluding hydrogens is 194 g/mol. The van der Waals surface area contributed by atoms with Crippen LogP contribution in [0.2, 0.25) is 0 Å². The minimum absolute atomic E-state index is 0.211. The second kappa shape index (κ2) is 4.10. The van der Waals surface area contributed by atoms with E-state index in [0.29, 0.717) is 19.6 Å². The van der Waals surface area contributed by atoms with Crippen LogP contribution in [0.25, 0.3) is 0 Å². The van der Waals surface area contributed by atoms with Gasteiger partial charge in [-0.2, -0.15) is 0 Å². The summed E-state index contributed by atoms with van der Waals surface area (Å²) in [6.07, 6.45) is 5.18. The number of carbonyl (C=O) groups is 1. The normalized spacial score (nSPS) is 27.3. The highest BCUT2D eigenvalue weighted by molar-refractivity contribution is 5.71. The van der Waals surface area contributed by atoms with Crippen LogP contribution in [0.3, 0.4) is 0 Å². The fourth-order valence-electron chi connectivity index (χ4n) is 2.64. The second-order valence-electron chi connectivity index (χ2n) is 5.01. The molecule has 0 bridgehead atoms. The number of aliphatic hydroxyl groups is 1. The van der Waals surface area contributed by atoms with Crippen LogP contribution in [0.1, 0.15) is 32.1 Å². The Bertz CT molecular complexity index is 242. The lowest BCUT2D eigenvalue weighted by Crippen LogP contribution is -2.56. The lowest BCUT2D eigenvalue weighted by Gasteiger charge is -2.43. The molecule has 0 aromatic rings. The Labute approximate surface area is 89.9 Å². The van der Waals surface area contributed by atoms with Gasteiger partial charge in [0, 0.05) is 19.6 Å². The van der Waals surface area contributed by atoms with Crippen molar-refractivity contribution in [3.63, 3.8) is 0 Å². The zero-order valence-electron chi connectivity index (χ0n) is 8.98. The Balaban J connectivity index is 1.76. The van der Waals surface area contributed by atoms with Crippen LogP contribution in [-0.2, 0) is 4.79 Å². The number of hydrogen-bond donors (Lipinski definition) is 2. The van der Waals surface area contributed by atoms with Gasteiger partial charge in [0.15, 0.2) is 0 Å². The van der Waals surface area contributed by atoms with Crippen LogP contribution in [0, 0.1) is 5.92 Å². The van der Waals surface area contributed by atoms with E-state index in [9.17, 15) is 9.90 Å². The molecule has 2 aliphatic rings. The second-order valence-corrected chi connectivity index (χ2v) is 5.01. The van der Waals surface area contributed by atoms with Crippen LogP contribution in [0.4, 0.5) is 0 Å². The Morgan fingerprint density at radius 3 is 2.40 bits per heavy atom. The summed E-state index contributed by atoms with van der Waals surface area (Å²) in [6, 6.07) is 0. The Hall–Kier alpha value is -0.610. The number of carboxylic acid groups (broad SMARTS) is 1. The van der Waals surface area contributed by atoms with Crippen LogP contribution >= 0.6 is 0 Å². The molecule has 1 saturated carbocycles. The number of aliphatic carboxylic acids is 1. The third-order valence-corrected chi connectivity index (χ3v) is 3.61. The van der Waals surface area contributed by atoms with E-state index in [1.54, 1.807) is 0 Å². The number of nitrogens with zero attached hydrogens (tertiary/aromatic N) is 1. The predicted molar refractivity (Wildman–Crippen MR) is 55.6 cm³/mol. The van der Waals surface area contributed by atoms with Gasteiger partial charge in [-0.1, -0.05) is 19.3 Å². The minimum Gasteiger partial charge on any atom is -0.481 e. The summed E-state index contributed by atoms with van der Waals surface area (Å²) in [6.45, 7) is 1.88. The quantitative estimate of drug-likeness (QED) is 0.724. The lowest BCUT2D eigenvalue weighted by atomic mass is 9.83. The molecule has 2 rings (SSSR count). The van der Waals surface area contributed by atoms with Crippen molar-refractivity contribution in [1.82, 2.24) is 4.90 Å². The van der Waals surface area contributed by atoms with Gasteiger partial charge in [-0.25, -0.2) is 0 Å². The molecule has 0 radical (unpaired) electrons. The maximum absolute atomic E-state index is 10.6. The van der Waals surface area contributed by atoms with Gasteiger partial charge in [-0.05, 0) is 12.8 Å². The van der Waals surface area contributed by atoms with Gasteiger partial charge < -0.3 is 10.2 Å².